The maximum atomic E-state index is 11.8. The van der Waals surface area contributed by atoms with Gasteiger partial charge in [0, 0.05) is 25.7 Å². The van der Waals surface area contributed by atoms with Crippen molar-refractivity contribution in [2.24, 2.45) is 7.05 Å². The van der Waals surface area contributed by atoms with Crippen LogP contribution in [0, 0.1) is 0 Å². The number of carbonyl (C=O) groups is 1. The Morgan fingerprint density at radius 3 is 2.90 bits per heavy atom. The number of rotatable bonds is 5. The Kier molecular flexibility index (Phi) is 4.64. The van der Waals surface area contributed by atoms with Crippen molar-refractivity contribution in [2.75, 3.05) is 24.7 Å². The van der Waals surface area contributed by atoms with Gasteiger partial charge in [-0.2, -0.15) is 5.10 Å². The Hall–Kier alpha value is -2.28. The van der Waals surface area contributed by atoms with Gasteiger partial charge in [0.1, 0.15) is 6.33 Å². The lowest BCUT2D eigenvalue weighted by Crippen LogP contribution is -2.12. The van der Waals surface area contributed by atoms with Crippen molar-refractivity contribution in [3.63, 3.8) is 0 Å². The quantitative estimate of drug-likeness (QED) is 0.642. The molecular formula is C13H16ClN5O2. The molecule has 0 spiro atoms. The monoisotopic (exact) mass is 309 g/mol. The van der Waals surface area contributed by atoms with Crippen LogP contribution in [0.4, 0.5) is 11.4 Å². The average Bonchev–Trinajstić information content (AvgIpc) is 2.85. The Morgan fingerprint density at radius 2 is 2.29 bits per heavy atom. The van der Waals surface area contributed by atoms with Gasteiger partial charge >= 0.3 is 5.97 Å². The number of halogens is 1. The number of esters is 1. The average molecular weight is 310 g/mol. The van der Waals surface area contributed by atoms with Crippen LogP contribution < -0.4 is 11.1 Å². The van der Waals surface area contributed by atoms with Crippen molar-refractivity contribution in [3.8, 4) is 0 Å². The van der Waals surface area contributed by atoms with Crippen molar-refractivity contribution >= 4 is 28.9 Å². The van der Waals surface area contributed by atoms with E-state index in [1.165, 1.54) is 13.2 Å². The molecule has 0 atom stereocenters. The van der Waals surface area contributed by atoms with Crippen molar-refractivity contribution in [1.29, 1.82) is 0 Å². The van der Waals surface area contributed by atoms with Crippen LogP contribution in [-0.2, 0) is 18.2 Å². The molecule has 3 N–H and O–H groups in total. The van der Waals surface area contributed by atoms with Crippen molar-refractivity contribution in [2.45, 2.75) is 6.42 Å². The minimum Gasteiger partial charge on any atom is -0.465 e. The summed E-state index contributed by atoms with van der Waals surface area (Å²) in [7, 11) is 3.11. The van der Waals surface area contributed by atoms with E-state index in [4.69, 9.17) is 22.1 Å². The molecule has 1 heterocycles. The van der Waals surface area contributed by atoms with E-state index >= 15 is 0 Å². The fourth-order valence-electron chi connectivity index (χ4n) is 1.88. The summed E-state index contributed by atoms with van der Waals surface area (Å²) in [6.45, 7) is 0.525. The second-order valence-electron chi connectivity index (χ2n) is 4.43. The van der Waals surface area contributed by atoms with Crippen LogP contribution in [0.5, 0.6) is 0 Å². The number of benzene rings is 1. The predicted octanol–water partition coefficient (Wildman–Crippen LogP) is 1.49. The third kappa shape index (κ3) is 3.63. The predicted molar refractivity (Wildman–Crippen MR) is 80.4 cm³/mol. The summed E-state index contributed by atoms with van der Waals surface area (Å²) in [5.74, 6) is 0.207. The molecule has 0 aliphatic rings. The molecule has 2 rings (SSSR count). The van der Waals surface area contributed by atoms with E-state index in [2.05, 4.69) is 15.4 Å². The summed E-state index contributed by atoms with van der Waals surface area (Å²) < 4.78 is 6.36. The number of nitrogens with two attached hydrogens (primary N) is 1. The summed E-state index contributed by atoms with van der Waals surface area (Å²) in [5.41, 5.74) is 6.90. The van der Waals surface area contributed by atoms with Gasteiger partial charge in [-0.15, -0.1) is 0 Å². The van der Waals surface area contributed by atoms with Crippen LogP contribution in [0.25, 0.3) is 0 Å². The van der Waals surface area contributed by atoms with Gasteiger partial charge in [0.2, 0.25) is 0 Å². The Morgan fingerprint density at radius 1 is 1.52 bits per heavy atom. The highest BCUT2D eigenvalue weighted by atomic mass is 35.5. The molecule has 0 aliphatic heterocycles. The van der Waals surface area contributed by atoms with Crippen LogP contribution in [0.15, 0.2) is 18.5 Å². The van der Waals surface area contributed by atoms with E-state index in [1.807, 2.05) is 0 Å². The van der Waals surface area contributed by atoms with Gasteiger partial charge in [-0.1, -0.05) is 11.6 Å². The largest absolute Gasteiger partial charge is 0.465 e. The molecule has 0 radical (unpaired) electrons. The fraction of sp³-hybridized carbons (Fsp3) is 0.308. The van der Waals surface area contributed by atoms with Gasteiger partial charge in [-0.3, -0.25) is 4.68 Å². The summed E-state index contributed by atoms with van der Waals surface area (Å²) in [5, 5.41) is 7.64. The molecular weight excluding hydrogens is 294 g/mol. The minimum absolute atomic E-state index is 0.302. The number of ether oxygens (including phenoxy) is 1. The third-order valence-electron chi connectivity index (χ3n) is 2.82. The van der Waals surface area contributed by atoms with Crippen molar-refractivity contribution in [1.82, 2.24) is 14.8 Å². The Bertz CT molecular complexity index is 656. The summed E-state index contributed by atoms with van der Waals surface area (Å²) in [6, 6.07) is 3.11. The lowest BCUT2D eigenvalue weighted by Gasteiger charge is -2.13. The first kappa shape index (κ1) is 15.1. The topological polar surface area (TPSA) is 95.1 Å². The van der Waals surface area contributed by atoms with Crippen LogP contribution in [0.1, 0.15) is 16.2 Å². The van der Waals surface area contributed by atoms with Crippen LogP contribution >= 0.6 is 11.6 Å². The molecule has 0 aliphatic carbocycles. The SMILES string of the molecule is COC(=O)c1cc(N)cc(Cl)c1NCCc1ncn(C)n1. The fourth-order valence-corrected chi connectivity index (χ4v) is 2.17. The molecule has 112 valence electrons. The number of hydrogen-bond donors (Lipinski definition) is 2. The molecule has 0 saturated carbocycles. The van der Waals surface area contributed by atoms with Crippen molar-refractivity contribution in [3.05, 3.63) is 34.9 Å². The molecule has 2 aromatic rings. The molecule has 21 heavy (non-hydrogen) atoms. The normalized spacial score (nSPS) is 10.4. The zero-order valence-corrected chi connectivity index (χ0v) is 12.5. The van der Waals surface area contributed by atoms with E-state index < -0.39 is 5.97 Å². The first-order chi connectivity index (χ1) is 10.0. The molecule has 0 bridgehead atoms. The number of nitrogens with one attached hydrogen (secondary N) is 1. The van der Waals surface area contributed by atoms with Gasteiger partial charge in [-0.05, 0) is 12.1 Å². The van der Waals surface area contributed by atoms with E-state index in [-0.39, 0.29) is 0 Å². The van der Waals surface area contributed by atoms with E-state index in [1.54, 1.807) is 24.1 Å². The zero-order valence-electron chi connectivity index (χ0n) is 11.8. The maximum Gasteiger partial charge on any atom is 0.340 e. The number of hydrogen-bond acceptors (Lipinski definition) is 6. The second-order valence-corrected chi connectivity index (χ2v) is 4.84. The van der Waals surface area contributed by atoms with E-state index in [0.29, 0.717) is 40.8 Å². The van der Waals surface area contributed by atoms with Crippen LogP contribution in [0.2, 0.25) is 5.02 Å². The molecule has 1 aromatic carbocycles. The minimum atomic E-state index is -0.498. The van der Waals surface area contributed by atoms with Crippen LogP contribution in [0.3, 0.4) is 0 Å². The smallest absolute Gasteiger partial charge is 0.340 e. The number of nitrogens with zero attached hydrogens (tertiary/aromatic N) is 3. The number of aryl methyl sites for hydroxylation is 1. The first-order valence-electron chi connectivity index (χ1n) is 6.27. The number of aromatic nitrogens is 3. The van der Waals surface area contributed by atoms with Gasteiger partial charge < -0.3 is 15.8 Å². The van der Waals surface area contributed by atoms with E-state index in [9.17, 15) is 4.79 Å². The molecule has 0 amide bonds. The number of anilines is 2. The first-order valence-corrected chi connectivity index (χ1v) is 6.64. The highest BCUT2D eigenvalue weighted by Crippen LogP contribution is 2.29. The molecule has 0 saturated heterocycles. The Balaban J connectivity index is 2.13. The summed E-state index contributed by atoms with van der Waals surface area (Å²) >= 11 is 6.14. The highest BCUT2D eigenvalue weighted by Gasteiger charge is 2.16. The van der Waals surface area contributed by atoms with Crippen LogP contribution in [-0.4, -0.2) is 34.4 Å². The lowest BCUT2D eigenvalue weighted by atomic mass is 10.1. The third-order valence-corrected chi connectivity index (χ3v) is 3.11. The maximum absolute atomic E-state index is 11.8. The number of nitrogen functional groups attached to an aromatic ring is 1. The van der Waals surface area contributed by atoms with E-state index in [0.717, 1.165) is 0 Å². The standard InChI is InChI=1S/C13H16ClN5O2/c1-19-7-17-11(18-19)3-4-16-12-9(13(20)21-2)5-8(15)6-10(12)14/h5-7,16H,3-4,15H2,1-2H3. The summed E-state index contributed by atoms with van der Waals surface area (Å²) in [4.78, 5) is 15.9. The van der Waals surface area contributed by atoms with Gasteiger partial charge in [0.05, 0.1) is 23.4 Å². The number of methoxy groups -OCH3 is 1. The summed E-state index contributed by atoms with van der Waals surface area (Å²) in [6.07, 6.45) is 2.23. The molecule has 0 fully saturated rings. The van der Waals surface area contributed by atoms with Gasteiger partial charge in [0.25, 0.3) is 0 Å². The highest BCUT2D eigenvalue weighted by molar-refractivity contribution is 6.34. The molecule has 7 nitrogen and oxygen atoms in total. The molecule has 1 aromatic heterocycles. The van der Waals surface area contributed by atoms with Gasteiger partial charge in [-0.25, -0.2) is 9.78 Å². The zero-order chi connectivity index (χ0) is 15.4. The molecule has 8 heteroatoms. The van der Waals surface area contributed by atoms with Gasteiger partial charge in [0.15, 0.2) is 5.82 Å². The number of carbonyl (C=O) groups excluding carboxylic acids is 1. The second kappa shape index (κ2) is 6.45. The van der Waals surface area contributed by atoms with Crippen molar-refractivity contribution < 1.29 is 9.53 Å². The lowest BCUT2D eigenvalue weighted by molar-refractivity contribution is 0.0602. The molecule has 0 unspecified atom stereocenters. The Labute approximate surface area is 127 Å².